The van der Waals surface area contributed by atoms with E-state index < -0.39 is 12.0 Å². The Morgan fingerprint density at radius 3 is 2.59 bits per heavy atom. The minimum atomic E-state index is -1.09. The van der Waals surface area contributed by atoms with Crippen LogP contribution in [0.3, 0.4) is 0 Å². The largest absolute Gasteiger partial charge is 0.496 e. The van der Waals surface area contributed by atoms with Crippen LogP contribution in [0.4, 0.5) is 0 Å². The van der Waals surface area contributed by atoms with Gasteiger partial charge in [0.15, 0.2) is 6.04 Å². The molecule has 0 aliphatic rings. The van der Waals surface area contributed by atoms with Crippen LogP contribution in [0.1, 0.15) is 44.7 Å². The summed E-state index contributed by atoms with van der Waals surface area (Å²) in [6.45, 7) is 4.05. The average molecular weight is 372 g/mol. The quantitative estimate of drug-likeness (QED) is 0.732. The van der Waals surface area contributed by atoms with E-state index >= 15 is 0 Å². The molecule has 0 radical (unpaired) electrons. The van der Waals surface area contributed by atoms with Gasteiger partial charge in [0.25, 0.3) is 0 Å². The number of amides is 1. The molecule has 1 amide bonds. The SMILES string of the molecule is CCCC(C)CC(=O)NC(C(=O)O)c1ccc(OC)c(Br)c1. The molecule has 0 saturated carbocycles. The van der Waals surface area contributed by atoms with Gasteiger partial charge in [-0.2, -0.15) is 0 Å². The molecule has 0 aliphatic carbocycles. The standard InChI is InChI=1S/C16H22BrNO4/c1-4-5-10(2)8-14(19)18-15(16(20)21)11-6-7-13(22-3)12(17)9-11/h6-7,9-10,15H,4-5,8H2,1-3H3,(H,18,19)(H,20,21). The number of halogens is 1. The van der Waals surface area contributed by atoms with Gasteiger partial charge in [-0.25, -0.2) is 4.79 Å². The van der Waals surface area contributed by atoms with E-state index in [9.17, 15) is 14.7 Å². The van der Waals surface area contributed by atoms with Crippen LogP contribution >= 0.6 is 15.9 Å². The normalized spacial score (nSPS) is 13.3. The Morgan fingerprint density at radius 1 is 1.41 bits per heavy atom. The summed E-state index contributed by atoms with van der Waals surface area (Å²) in [4.78, 5) is 23.5. The molecule has 1 rings (SSSR count). The highest BCUT2D eigenvalue weighted by Crippen LogP contribution is 2.28. The third-order valence-corrected chi connectivity index (χ3v) is 4.00. The third-order valence-electron chi connectivity index (χ3n) is 3.38. The molecule has 6 heteroatoms. The van der Waals surface area contributed by atoms with E-state index in [-0.39, 0.29) is 11.8 Å². The Hall–Kier alpha value is -1.56. The molecule has 0 aliphatic heterocycles. The summed E-state index contributed by atoms with van der Waals surface area (Å²) in [5, 5.41) is 12.0. The molecule has 0 spiro atoms. The maximum absolute atomic E-state index is 12.0. The summed E-state index contributed by atoms with van der Waals surface area (Å²) in [7, 11) is 1.53. The lowest BCUT2D eigenvalue weighted by atomic mass is 10.0. The van der Waals surface area contributed by atoms with Gasteiger partial charge >= 0.3 is 5.97 Å². The number of nitrogens with one attached hydrogen (secondary N) is 1. The fourth-order valence-electron chi connectivity index (χ4n) is 2.28. The van der Waals surface area contributed by atoms with Crippen molar-refractivity contribution in [2.24, 2.45) is 5.92 Å². The van der Waals surface area contributed by atoms with Gasteiger partial charge < -0.3 is 15.2 Å². The maximum Gasteiger partial charge on any atom is 0.330 e. The van der Waals surface area contributed by atoms with Gasteiger partial charge in [-0.15, -0.1) is 0 Å². The van der Waals surface area contributed by atoms with E-state index in [1.807, 2.05) is 6.92 Å². The molecule has 2 N–H and O–H groups in total. The van der Waals surface area contributed by atoms with Crippen LogP contribution in [0.15, 0.2) is 22.7 Å². The lowest BCUT2D eigenvalue weighted by molar-refractivity contribution is -0.142. The average Bonchev–Trinajstić information content (AvgIpc) is 2.44. The van der Waals surface area contributed by atoms with Gasteiger partial charge in [0, 0.05) is 6.42 Å². The molecule has 0 saturated heterocycles. The van der Waals surface area contributed by atoms with Gasteiger partial charge in [-0.3, -0.25) is 4.79 Å². The first-order chi connectivity index (χ1) is 10.4. The van der Waals surface area contributed by atoms with Crippen molar-refractivity contribution in [3.05, 3.63) is 28.2 Å². The summed E-state index contributed by atoms with van der Waals surface area (Å²) in [5.41, 5.74) is 0.497. The van der Waals surface area contributed by atoms with Crippen molar-refractivity contribution in [1.82, 2.24) is 5.32 Å². The molecule has 2 atom stereocenters. The molecular formula is C16H22BrNO4. The second kappa shape index (κ2) is 8.78. The van der Waals surface area contributed by atoms with E-state index in [2.05, 4.69) is 28.2 Å². The molecule has 0 aromatic heterocycles. The Balaban J connectivity index is 2.84. The molecule has 5 nitrogen and oxygen atoms in total. The fourth-order valence-corrected chi connectivity index (χ4v) is 2.84. The molecule has 1 aromatic rings. The number of methoxy groups -OCH3 is 1. The summed E-state index contributed by atoms with van der Waals surface area (Å²) in [6, 6.07) is 3.88. The van der Waals surface area contributed by atoms with Gasteiger partial charge in [0.05, 0.1) is 11.6 Å². The van der Waals surface area contributed by atoms with Gasteiger partial charge in [0.1, 0.15) is 5.75 Å². The zero-order chi connectivity index (χ0) is 16.7. The van der Waals surface area contributed by atoms with E-state index in [1.165, 1.54) is 7.11 Å². The molecule has 0 bridgehead atoms. The van der Waals surface area contributed by atoms with Gasteiger partial charge in [-0.05, 0) is 39.5 Å². The van der Waals surface area contributed by atoms with Crippen molar-refractivity contribution < 1.29 is 19.4 Å². The highest BCUT2D eigenvalue weighted by atomic mass is 79.9. The molecule has 0 heterocycles. The van der Waals surface area contributed by atoms with Gasteiger partial charge in [0.2, 0.25) is 5.91 Å². The fraction of sp³-hybridized carbons (Fsp3) is 0.500. The second-order valence-corrected chi connectivity index (χ2v) is 6.19. The zero-order valence-electron chi connectivity index (χ0n) is 13.1. The van der Waals surface area contributed by atoms with Crippen molar-refractivity contribution in [1.29, 1.82) is 0 Å². The smallest absolute Gasteiger partial charge is 0.330 e. The summed E-state index contributed by atoms with van der Waals surface area (Å²) in [6.07, 6.45) is 2.27. The van der Waals surface area contributed by atoms with E-state index in [1.54, 1.807) is 18.2 Å². The minimum absolute atomic E-state index is 0.238. The summed E-state index contributed by atoms with van der Waals surface area (Å²) >= 11 is 3.32. The predicted molar refractivity (Wildman–Crippen MR) is 87.9 cm³/mol. The molecule has 122 valence electrons. The lowest BCUT2D eigenvalue weighted by Crippen LogP contribution is -2.34. The van der Waals surface area contributed by atoms with Crippen LogP contribution in [0.5, 0.6) is 5.75 Å². The van der Waals surface area contributed by atoms with Gasteiger partial charge in [-0.1, -0.05) is 32.8 Å². The number of benzene rings is 1. The van der Waals surface area contributed by atoms with Crippen molar-refractivity contribution in [3.63, 3.8) is 0 Å². The Morgan fingerprint density at radius 2 is 2.09 bits per heavy atom. The molecule has 2 unspecified atom stereocenters. The van der Waals surface area contributed by atoms with Crippen LogP contribution < -0.4 is 10.1 Å². The third kappa shape index (κ3) is 5.33. The van der Waals surface area contributed by atoms with E-state index in [4.69, 9.17) is 4.74 Å². The van der Waals surface area contributed by atoms with Crippen LogP contribution in [0, 0.1) is 5.92 Å². The Kier molecular flexibility index (Phi) is 7.38. The van der Waals surface area contributed by atoms with Crippen LogP contribution in [-0.4, -0.2) is 24.1 Å². The van der Waals surface area contributed by atoms with Crippen molar-refractivity contribution >= 4 is 27.8 Å². The number of carbonyl (C=O) groups is 2. The highest BCUT2D eigenvalue weighted by Gasteiger charge is 2.23. The summed E-state index contributed by atoms with van der Waals surface area (Å²) < 4.78 is 5.76. The molecular weight excluding hydrogens is 350 g/mol. The molecule has 1 aromatic carbocycles. The topological polar surface area (TPSA) is 75.6 Å². The number of carboxylic acid groups (broad SMARTS) is 1. The first-order valence-electron chi connectivity index (χ1n) is 7.24. The number of carbonyl (C=O) groups excluding carboxylic acids is 1. The van der Waals surface area contributed by atoms with E-state index in [0.29, 0.717) is 22.2 Å². The van der Waals surface area contributed by atoms with Crippen molar-refractivity contribution in [3.8, 4) is 5.75 Å². The summed E-state index contributed by atoms with van der Waals surface area (Å²) in [5.74, 6) is -0.494. The first-order valence-corrected chi connectivity index (χ1v) is 8.03. The maximum atomic E-state index is 12.0. The number of ether oxygens (including phenoxy) is 1. The Labute approximate surface area is 139 Å². The molecule has 0 fully saturated rings. The number of aliphatic carboxylic acids is 1. The zero-order valence-corrected chi connectivity index (χ0v) is 14.6. The number of rotatable bonds is 8. The second-order valence-electron chi connectivity index (χ2n) is 5.33. The highest BCUT2D eigenvalue weighted by molar-refractivity contribution is 9.10. The predicted octanol–water partition coefficient (Wildman–Crippen LogP) is 3.53. The van der Waals surface area contributed by atoms with Crippen LogP contribution in [-0.2, 0) is 9.59 Å². The number of carboxylic acids is 1. The Bertz CT molecular complexity index is 533. The first kappa shape index (κ1) is 18.5. The van der Waals surface area contributed by atoms with Crippen LogP contribution in [0.2, 0.25) is 0 Å². The number of hydrogen-bond donors (Lipinski definition) is 2. The van der Waals surface area contributed by atoms with Crippen molar-refractivity contribution in [2.75, 3.05) is 7.11 Å². The van der Waals surface area contributed by atoms with Crippen molar-refractivity contribution in [2.45, 2.75) is 39.2 Å². The van der Waals surface area contributed by atoms with E-state index in [0.717, 1.165) is 12.8 Å². The minimum Gasteiger partial charge on any atom is -0.496 e. The monoisotopic (exact) mass is 371 g/mol. The number of hydrogen-bond acceptors (Lipinski definition) is 3. The van der Waals surface area contributed by atoms with Crippen LogP contribution in [0.25, 0.3) is 0 Å². The molecule has 22 heavy (non-hydrogen) atoms. The lowest BCUT2D eigenvalue weighted by Gasteiger charge is -2.17.